The molecule has 0 saturated carbocycles. The van der Waals surface area contributed by atoms with Gasteiger partial charge in [0.15, 0.2) is 0 Å². The van der Waals surface area contributed by atoms with Crippen LogP contribution in [0.2, 0.25) is 5.02 Å². The molecule has 0 radical (unpaired) electrons. The van der Waals surface area contributed by atoms with E-state index in [0.717, 1.165) is 0 Å². The first-order valence-corrected chi connectivity index (χ1v) is 8.14. The maximum absolute atomic E-state index is 12.6. The monoisotopic (exact) mass is 317 g/mol. The lowest BCUT2D eigenvalue weighted by atomic mass is 10.0. The topological polar surface area (TPSA) is 74.7 Å². The van der Waals surface area contributed by atoms with Gasteiger partial charge in [0.2, 0.25) is 10.0 Å². The van der Waals surface area contributed by atoms with Gasteiger partial charge < -0.3 is 5.11 Å². The summed E-state index contributed by atoms with van der Waals surface area (Å²) in [4.78, 5) is 11.2. The van der Waals surface area contributed by atoms with Crippen LogP contribution in [0.4, 0.5) is 0 Å². The van der Waals surface area contributed by atoms with Crippen molar-refractivity contribution >= 4 is 27.6 Å². The van der Waals surface area contributed by atoms with Crippen molar-refractivity contribution < 1.29 is 18.3 Å². The molecule has 0 unspecified atom stereocenters. The molecule has 7 heteroatoms. The zero-order valence-electron chi connectivity index (χ0n) is 11.0. The highest BCUT2D eigenvalue weighted by Crippen LogP contribution is 2.28. The van der Waals surface area contributed by atoms with E-state index >= 15 is 0 Å². The van der Waals surface area contributed by atoms with Crippen molar-refractivity contribution in [2.75, 3.05) is 13.1 Å². The second-order valence-corrected chi connectivity index (χ2v) is 7.22. The summed E-state index contributed by atoms with van der Waals surface area (Å²) in [6, 6.07) is 4.72. The van der Waals surface area contributed by atoms with Crippen LogP contribution in [0, 0.1) is 12.8 Å². The summed E-state index contributed by atoms with van der Waals surface area (Å²) in [6.45, 7) is 2.01. The molecule has 110 valence electrons. The summed E-state index contributed by atoms with van der Waals surface area (Å²) >= 11 is 5.96. The van der Waals surface area contributed by atoms with Crippen LogP contribution in [0.1, 0.15) is 18.4 Å². The molecule has 0 amide bonds. The average molecular weight is 318 g/mol. The van der Waals surface area contributed by atoms with Gasteiger partial charge in [0.25, 0.3) is 0 Å². The predicted molar refractivity (Wildman–Crippen MR) is 75.3 cm³/mol. The van der Waals surface area contributed by atoms with Gasteiger partial charge in [-0.3, -0.25) is 4.79 Å². The van der Waals surface area contributed by atoms with Crippen LogP contribution in [-0.4, -0.2) is 36.9 Å². The number of aliphatic carboxylic acids is 1. The van der Waals surface area contributed by atoms with Crippen molar-refractivity contribution in [1.29, 1.82) is 0 Å². The summed E-state index contributed by atoms with van der Waals surface area (Å²) in [5.74, 6) is -1.59. The van der Waals surface area contributed by atoms with Crippen LogP contribution < -0.4 is 0 Å². The molecule has 1 atom stereocenters. The number of carboxylic acid groups (broad SMARTS) is 1. The first-order valence-electron chi connectivity index (χ1n) is 6.32. The Morgan fingerprint density at radius 1 is 1.45 bits per heavy atom. The van der Waals surface area contributed by atoms with Crippen molar-refractivity contribution in [2.24, 2.45) is 5.92 Å². The van der Waals surface area contributed by atoms with Crippen molar-refractivity contribution in [3.63, 3.8) is 0 Å². The lowest BCUT2D eigenvalue weighted by molar-refractivity contribution is -0.142. The van der Waals surface area contributed by atoms with Crippen LogP contribution in [0.15, 0.2) is 23.1 Å². The predicted octanol–water partition coefficient (Wildman–Crippen LogP) is 2.13. The Kier molecular flexibility index (Phi) is 4.36. The normalized spacial score (nSPS) is 20.8. The average Bonchev–Trinajstić information content (AvgIpc) is 2.41. The maximum atomic E-state index is 12.6. The van der Waals surface area contributed by atoms with Gasteiger partial charge in [-0.15, -0.1) is 0 Å². The number of halogens is 1. The minimum atomic E-state index is -3.70. The second kappa shape index (κ2) is 5.71. The molecule has 2 rings (SSSR count). The Morgan fingerprint density at radius 2 is 2.15 bits per heavy atom. The van der Waals surface area contributed by atoms with Gasteiger partial charge in [0, 0.05) is 18.1 Å². The number of hydrogen-bond acceptors (Lipinski definition) is 3. The minimum absolute atomic E-state index is 0.0175. The fourth-order valence-corrected chi connectivity index (χ4v) is 4.37. The van der Waals surface area contributed by atoms with E-state index in [9.17, 15) is 13.2 Å². The van der Waals surface area contributed by atoms with E-state index in [1.165, 1.54) is 10.4 Å². The van der Waals surface area contributed by atoms with Crippen molar-refractivity contribution in [1.82, 2.24) is 4.31 Å². The minimum Gasteiger partial charge on any atom is -0.481 e. The second-order valence-electron chi connectivity index (χ2n) is 4.90. The number of piperidine rings is 1. The number of hydrogen-bond donors (Lipinski definition) is 1. The van der Waals surface area contributed by atoms with E-state index in [-0.39, 0.29) is 11.4 Å². The fraction of sp³-hybridized carbons (Fsp3) is 0.462. The molecular formula is C13H16ClNO4S. The van der Waals surface area contributed by atoms with E-state index < -0.39 is 21.9 Å². The summed E-state index contributed by atoms with van der Waals surface area (Å²) < 4.78 is 26.4. The van der Waals surface area contributed by atoms with Crippen LogP contribution in [0.3, 0.4) is 0 Å². The molecule has 1 aromatic rings. The first kappa shape index (κ1) is 15.3. The Morgan fingerprint density at radius 3 is 2.80 bits per heavy atom. The van der Waals surface area contributed by atoms with Crippen LogP contribution in [-0.2, 0) is 14.8 Å². The van der Waals surface area contributed by atoms with Gasteiger partial charge >= 0.3 is 5.97 Å². The smallest absolute Gasteiger partial charge is 0.307 e. The Bertz CT molecular complexity index is 629. The molecule has 1 aromatic carbocycles. The Hall–Kier alpha value is -1.11. The number of nitrogens with zero attached hydrogens (tertiary/aromatic N) is 1. The highest BCUT2D eigenvalue weighted by Gasteiger charge is 2.34. The lowest BCUT2D eigenvalue weighted by Gasteiger charge is -2.30. The molecule has 1 aliphatic rings. The summed E-state index contributed by atoms with van der Waals surface area (Å²) in [5, 5.41) is 9.44. The van der Waals surface area contributed by atoms with E-state index in [2.05, 4.69) is 0 Å². The maximum Gasteiger partial charge on any atom is 0.307 e. The molecule has 1 heterocycles. The molecule has 0 bridgehead atoms. The van der Waals surface area contributed by atoms with Gasteiger partial charge in [-0.05, 0) is 37.5 Å². The molecule has 5 nitrogen and oxygen atoms in total. The summed E-state index contributed by atoms with van der Waals surface area (Å²) in [5.41, 5.74) is 0.492. The Balaban J connectivity index is 2.35. The third-order valence-corrected chi connectivity index (χ3v) is 5.99. The Labute approximate surface area is 123 Å². The van der Waals surface area contributed by atoms with Crippen molar-refractivity contribution in [3.05, 3.63) is 28.8 Å². The quantitative estimate of drug-likeness (QED) is 0.926. The fourth-order valence-electron chi connectivity index (χ4n) is 2.37. The van der Waals surface area contributed by atoms with Crippen LogP contribution >= 0.6 is 11.6 Å². The summed E-state index contributed by atoms with van der Waals surface area (Å²) in [6.07, 6.45) is 1.06. The highest BCUT2D eigenvalue weighted by molar-refractivity contribution is 7.89. The molecular weight excluding hydrogens is 302 g/mol. The third kappa shape index (κ3) is 2.82. The van der Waals surface area contributed by atoms with Gasteiger partial charge in [0.05, 0.1) is 10.8 Å². The number of carbonyl (C=O) groups is 1. The van der Waals surface area contributed by atoms with Crippen molar-refractivity contribution in [3.8, 4) is 0 Å². The van der Waals surface area contributed by atoms with Gasteiger partial charge in [-0.1, -0.05) is 17.7 Å². The SMILES string of the molecule is Cc1c(Cl)cccc1S(=O)(=O)N1CCC[C@@H](C(=O)O)C1. The molecule has 1 saturated heterocycles. The van der Waals surface area contributed by atoms with Crippen LogP contribution in [0.5, 0.6) is 0 Å². The number of sulfonamides is 1. The zero-order chi connectivity index (χ0) is 14.9. The van der Waals surface area contributed by atoms with E-state index in [1.807, 2.05) is 0 Å². The largest absolute Gasteiger partial charge is 0.481 e. The van der Waals surface area contributed by atoms with E-state index in [4.69, 9.17) is 16.7 Å². The number of rotatable bonds is 3. The van der Waals surface area contributed by atoms with E-state index in [0.29, 0.717) is 30.0 Å². The standard InChI is InChI=1S/C13H16ClNO4S/c1-9-11(14)5-2-6-12(9)20(18,19)15-7-3-4-10(8-15)13(16)17/h2,5-6,10H,3-4,7-8H2,1H3,(H,16,17)/t10-/m1/s1. The first-order chi connectivity index (χ1) is 9.34. The summed E-state index contributed by atoms with van der Waals surface area (Å²) in [7, 11) is -3.70. The molecule has 1 aliphatic heterocycles. The van der Waals surface area contributed by atoms with Gasteiger partial charge in [-0.2, -0.15) is 4.31 Å². The molecule has 0 aliphatic carbocycles. The molecule has 1 N–H and O–H groups in total. The van der Waals surface area contributed by atoms with Gasteiger partial charge in [0.1, 0.15) is 0 Å². The molecule has 0 aromatic heterocycles. The lowest BCUT2D eigenvalue weighted by Crippen LogP contribution is -2.42. The number of benzene rings is 1. The van der Waals surface area contributed by atoms with E-state index in [1.54, 1.807) is 19.1 Å². The van der Waals surface area contributed by atoms with Crippen LogP contribution in [0.25, 0.3) is 0 Å². The third-order valence-electron chi connectivity index (χ3n) is 3.57. The van der Waals surface area contributed by atoms with Gasteiger partial charge in [-0.25, -0.2) is 8.42 Å². The molecule has 1 fully saturated rings. The molecule has 0 spiro atoms. The van der Waals surface area contributed by atoms with Crippen molar-refractivity contribution in [2.45, 2.75) is 24.7 Å². The highest BCUT2D eigenvalue weighted by atomic mass is 35.5. The zero-order valence-corrected chi connectivity index (χ0v) is 12.6. The molecule has 20 heavy (non-hydrogen) atoms. The number of carboxylic acids is 1.